The summed E-state index contributed by atoms with van der Waals surface area (Å²) >= 11 is 0.0174. The molecule has 0 saturated carbocycles. The Morgan fingerprint density at radius 2 is 2.20 bits per heavy atom. The van der Waals surface area contributed by atoms with E-state index in [9.17, 15) is 13.2 Å². The van der Waals surface area contributed by atoms with E-state index in [4.69, 9.17) is 0 Å². The molecular formula is C9H13F3N2S. The molecule has 0 aromatic carbocycles. The minimum atomic E-state index is -4.13. The number of hydrogen-bond acceptors (Lipinski definition) is 2. The van der Waals surface area contributed by atoms with Crippen molar-refractivity contribution in [1.82, 2.24) is 9.88 Å². The Kier molecular flexibility index (Phi) is 4.53. The number of nitrogens with zero attached hydrogens (tertiary/aromatic N) is 1. The molecule has 0 saturated heterocycles. The van der Waals surface area contributed by atoms with Gasteiger partial charge in [-0.05, 0) is 30.9 Å². The van der Waals surface area contributed by atoms with Crippen LogP contribution in [0.1, 0.15) is 5.69 Å². The molecule has 0 fully saturated rings. The highest BCUT2D eigenvalue weighted by Gasteiger charge is 2.27. The van der Waals surface area contributed by atoms with Gasteiger partial charge in [0.15, 0.2) is 0 Å². The summed E-state index contributed by atoms with van der Waals surface area (Å²) in [7, 11) is 1.81. The topological polar surface area (TPSA) is 17.0 Å². The molecule has 1 aromatic rings. The molecule has 86 valence electrons. The number of alkyl halides is 3. The molecule has 0 radical (unpaired) electrons. The van der Waals surface area contributed by atoms with Gasteiger partial charge in [-0.1, -0.05) is 0 Å². The minimum absolute atomic E-state index is 0.0174. The van der Waals surface area contributed by atoms with Gasteiger partial charge in [0, 0.05) is 30.7 Å². The molecule has 0 bridgehead atoms. The van der Waals surface area contributed by atoms with E-state index in [1.807, 2.05) is 23.7 Å². The van der Waals surface area contributed by atoms with E-state index in [2.05, 4.69) is 5.32 Å². The number of rotatable bonds is 5. The number of hydrogen-bond donors (Lipinski definition) is 1. The van der Waals surface area contributed by atoms with Gasteiger partial charge >= 0.3 is 5.51 Å². The van der Waals surface area contributed by atoms with Crippen LogP contribution in [0.2, 0.25) is 0 Å². The summed E-state index contributed by atoms with van der Waals surface area (Å²) < 4.78 is 37.5. The fraction of sp³-hybridized carbons (Fsp3) is 0.556. The van der Waals surface area contributed by atoms with Crippen molar-refractivity contribution in [2.75, 3.05) is 12.8 Å². The van der Waals surface area contributed by atoms with Crippen LogP contribution in [0.5, 0.6) is 0 Å². The highest BCUT2D eigenvalue weighted by Crippen LogP contribution is 2.30. The Morgan fingerprint density at radius 1 is 1.47 bits per heavy atom. The van der Waals surface area contributed by atoms with Gasteiger partial charge < -0.3 is 9.88 Å². The molecule has 0 unspecified atom stereocenters. The van der Waals surface area contributed by atoms with Crippen LogP contribution in [-0.4, -0.2) is 22.9 Å². The van der Waals surface area contributed by atoms with Crippen LogP contribution in [0.25, 0.3) is 0 Å². The zero-order valence-electron chi connectivity index (χ0n) is 8.34. The van der Waals surface area contributed by atoms with Gasteiger partial charge in [0.25, 0.3) is 0 Å². The summed E-state index contributed by atoms with van der Waals surface area (Å²) in [5.41, 5.74) is -3.13. The SMILES string of the molecule is CNCc1cccn1CCSC(F)(F)F. The Labute approximate surface area is 90.8 Å². The van der Waals surface area contributed by atoms with E-state index in [1.165, 1.54) is 0 Å². The summed E-state index contributed by atoms with van der Waals surface area (Å²) in [6.07, 6.45) is 1.80. The zero-order valence-corrected chi connectivity index (χ0v) is 9.16. The second kappa shape index (κ2) is 5.46. The predicted molar refractivity (Wildman–Crippen MR) is 55.7 cm³/mol. The molecule has 1 aromatic heterocycles. The van der Waals surface area contributed by atoms with Crippen molar-refractivity contribution in [3.05, 3.63) is 24.0 Å². The van der Waals surface area contributed by atoms with Gasteiger partial charge in [-0.2, -0.15) is 13.2 Å². The molecule has 2 nitrogen and oxygen atoms in total. The molecule has 0 spiro atoms. The van der Waals surface area contributed by atoms with E-state index >= 15 is 0 Å². The van der Waals surface area contributed by atoms with Crippen LogP contribution in [-0.2, 0) is 13.1 Å². The van der Waals surface area contributed by atoms with Crippen LogP contribution in [0.3, 0.4) is 0 Å². The third kappa shape index (κ3) is 4.61. The Morgan fingerprint density at radius 3 is 2.80 bits per heavy atom. The molecule has 1 heterocycles. The lowest BCUT2D eigenvalue weighted by atomic mass is 10.4. The monoisotopic (exact) mass is 238 g/mol. The highest BCUT2D eigenvalue weighted by atomic mass is 32.2. The van der Waals surface area contributed by atoms with Crippen molar-refractivity contribution in [3.63, 3.8) is 0 Å². The highest BCUT2D eigenvalue weighted by molar-refractivity contribution is 8.00. The van der Waals surface area contributed by atoms with Gasteiger partial charge in [-0.3, -0.25) is 0 Å². The molecule has 0 aliphatic rings. The first-order valence-electron chi connectivity index (χ1n) is 4.52. The Hall–Kier alpha value is -0.620. The lowest BCUT2D eigenvalue weighted by Crippen LogP contribution is -2.13. The van der Waals surface area contributed by atoms with E-state index in [0.29, 0.717) is 13.1 Å². The lowest BCUT2D eigenvalue weighted by molar-refractivity contribution is -0.0328. The normalized spacial score (nSPS) is 12.0. The average molecular weight is 238 g/mol. The fourth-order valence-corrected chi connectivity index (χ4v) is 1.79. The molecule has 0 aliphatic carbocycles. The predicted octanol–water partition coefficient (Wildman–Crippen LogP) is 2.46. The van der Waals surface area contributed by atoms with Crippen molar-refractivity contribution in [3.8, 4) is 0 Å². The van der Waals surface area contributed by atoms with Crippen LogP contribution < -0.4 is 5.32 Å². The van der Waals surface area contributed by atoms with Crippen molar-refractivity contribution in [2.45, 2.75) is 18.6 Å². The Balaban J connectivity index is 2.40. The minimum Gasteiger partial charge on any atom is -0.349 e. The maximum atomic E-state index is 11.9. The lowest BCUT2D eigenvalue weighted by Gasteiger charge is -2.09. The van der Waals surface area contributed by atoms with Crippen LogP contribution in [0.15, 0.2) is 18.3 Å². The molecule has 0 amide bonds. The third-order valence-corrected chi connectivity index (χ3v) is 2.59. The number of nitrogens with one attached hydrogen (secondary N) is 1. The summed E-state index contributed by atoms with van der Waals surface area (Å²) in [4.78, 5) is 0. The summed E-state index contributed by atoms with van der Waals surface area (Å²) in [5, 5.41) is 2.97. The van der Waals surface area contributed by atoms with Gasteiger partial charge in [0.2, 0.25) is 0 Å². The second-order valence-electron chi connectivity index (χ2n) is 3.02. The molecule has 6 heteroatoms. The molecular weight excluding hydrogens is 225 g/mol. The number of halogens is 3. The van der Waals surface area contributed by atoms with Gasteiger partial charge in [-0.25, -0.2) is 0 Å². The molecule has 0 atom stereocenters. The van der Waals surface area contributed by atoms with Gasteiger partial charge in [0.1, 0.15) is 0 Å². The van der Waals surface area contributed by atoms with E-state index < -0.39 is 5.51 Å². The maximum Gasteiger partial charge on any atom is 0.441 e. The van der Waals surface area contributed by atoms with E-state index in [-0.39, 0.29) is 17.5 Å². The largest absolute Gasteiger partial charge is 0.441 e. The quantitative estimate of drug-likeness (QED) is 0.848. The number of aryl methyl sites for hydroxylation is 1. The number of thioether (sulfide) groups is 1. The van der Waals surface area contributed by atoms with Crippen molar-refractivity contribution >= 4 is 11.8 Å². The molecule has 15 heavy (non-hydrogen) atoms. The van der Waals surface area contributed by atoms with Crippen LogP contribution in [0.4, 0.5) is 13.2 Å². The molecule has 1 rings (SSSR count). The van der Waals surface area contributed by atoms with E-state index in [0.717, 1.165) is 5.69 Å². The summed E-state index contributed by atoms with van der Waals surface area (Å²) in [5.74, 6) is 0.0505. The van der Waals surface area contributed by atoms with Crippen LogP contribution in [0, 0.1) is 0 Å². The Bertz CT molecular complexity index is 296. The first-order chi connectivity index (χ1) is 7.03. The number of aromatic nitrogens is 1. The summed E-state index contributed by atoms with van der Waals surface area (Å²) in [6.45, 7) is 1.05. The maximum absolute atomic E-state index is 11.9. The molecule has 1 N–H and O–H groups in total. The van der Waals surface area contributed by atoms with E-state index in [1.54, 1.807) is 6.20 Å². The van der Waals surface area contributed by atoms with Gasteiger partial charge in [-0.15, -0.1) is 0 Å². The third-order valence-electron chi connectivity index (χ3n) is 1.88. The summed E-state index contributed by atoms with van der Waals surface area (Å²) in [6, 6.07) is 3.74. The second-order valence-corrected chi connectivity index (χ2v) is 4.18. The van der Waals surface area contributed by atoms with Crippen molar-refractivity contribution in [1.29, 1.82) is 0 Å². The van der Waals surface area contributed by atoms with Crippen molar-refractivity contribution < 1.29 is 13.2 Å². The van der Waals surface area contributed by atoms with Gasteiger partial charge in [0.05, 0.1) is 0 Å². The van der Waals surface area contributed by atoms with Crippen LogP contribution >= 0.6 is 11.8 Å². The van der Waals surface area contributed by atoms with Crippen molar-refractivity contribution in [2.24, 2.45) is 0 Å². The fourth-order valence-electron chi connectivity index (χ4n) is 1.27. The smallest absolute Gasteiger partial charge is 0.349 e. The zero-order chi connectivity index (χ0) is 11.3. The first-order valence-corrected chi connectivity index (χ1v) is 5.51. The standard InChI is InChI=1S/C9H13F3N2S/c1-13-7-8-3-2-4-14(8)5-6-15-9(10,11)12/h2-4,13H,5-7H2,1H3. The molecule has 0 aliphatic heterocycles. The average Bonchev–Trinajstić information content (AvgIpc) is 2.51. The first kappa shape index (κ1) is 12.4.